The Labute approximate surface area is 155 Å². The van der Waals surface area contributed by atoms with Gasteiger partial charge in [-0.05, 0) is 38.1 Å². The van der Waals surface area contributed by atoms with Gasteiger partial charge >= 0.3 is 0 Å². The lowest BCUT2D eigenvalue weighted by Gasteiger charge is -2.13. The highest BCUT2D eigenvalue weighted by molar-refractivity contribution is 7.59. The number of anilines is 1. The van der Waals surface area contributed by atoms with E-state index in [0.717, 1.165) is 21.5 Å². The van der Waals surface area contributed by atoms with Crippen LogP contribution in [0, 0.1) is 19.3 Å². The normalized spacial score (nSPS) is 11.6. The number of halogens is 1. The van der Waals surface area contributed by atoms with Crippen LogP contribution in [0.1, 0.15) is 29.1 Å². The Bertz CT molecular complexity index is 988. The van der Waals surface area contributed by atoms with E-state index in [4.69, 9.17) is 18.0 Å². The number of nitrogens with zero attached hydrogens (tertiary/aromatic N) is 1. The second-order valence-electron chi connectivity index (χ2n) is 5.23. The zero-order valence-corrected chi connectivity index (χ0v) is 15.7. The lowest BCUT2D eigenvalue weighted by Crippen LogP contribution is -2.19. The van der Waals surface area contributed by atoms with Gasteiger partial charge in [-0.25, -0.2) is 4.98 Å². The van der Waals surface area contributed by atoms with E-state index in [1.54, 1.807) is 12.1 Å². The van der Waals surface area contributed by atoms with Gasteiger partial charge in [0.1, 0.15) is 4.88 Å². The number of aryl methyl sites for hydroxylation is 1. The maximum absolute atomic E-state index is 12.3. The first-order valence-electron chi connectivity index (χ1n) is 7.01. The van der Waals surface area contributed by atoms with Gasteiger partial charge in [0.25, 0.3) is 5.56 Å². The van der Waals surface area contributed by atoms with Crippen molar-refractivity contribution < 1.29 is 0 Å². The largest absolute Gasteiger partial charge is 0.355 e. The third-order valence-electron chi connectivity index (χ3n) is 3.57. The van der Waals surface area contributed by atoms with Gasteiger partial charge < -0.3 is 10.3 Å². The minimum absolute atomic E-state index is 0. The highest BCUT2D eigenvalue weighted by atomic mass is 35.5. The minimum Gasteiger partial charge on any atom is -0.355 e. The lowest BCUT2D eigenvalue weighted by molar-refractivity contribution is 0.862. The highest BCUT2D eigenvalue weighted by Gasteiger charge is 2.14. The molecule has 0 bridgehead atoms. The van der Waals surface area contributed by atoms with E-state index in [2.05, 4.69) is 21.2 Å². The number of terminal acetylenes is 1. The van der Waals surface area contributed by atoms with Crippen LogP contribution in [0.25, 0.3) is 10.9 Å². The van der Waals surface area contributed by atoms with Crippen molar-refractivity contribution in [3.05, 3.63) is 55.8 Å². The van der Waals surface area contributed by atoms with Gasteiger partial charge in [-0.15, -0.1) is 6.42 Å². The Balaban J connectivity index is 0.00000208. The molecule has 0 spiro atoms. The fraction of sp³-hybridized carbons (Fsp3) is 0.176. The molecule has 2 heterocycles. The molecule has 4 nitrogen and oxygen atoms in total. The van der Waals surface area contributed by atoms with Crippen molar-refractivity contribution >= 4 is 52.5 Å². The van der Waals surface area contributed by atoms with Crippen LogP contribution in [-0.2, 0) is 0 Å². The summed E-state index contributed by atoms with van der Waals surface area (Å²) >= 11 is 7.42. The van der Waals surface area contributed by atoms with Crippen LogP contribution in [0.3, 0.4) is 0 Å². The van der Waals surface area contributed by atoms with E-state index in [0.29, 0.717) is 15.7 Å². The molecule has 2 N–H and O–H groups in total. The van der Waals surface area contributed by atoms with Gasteiger partial charge in [0, 0.05) is 21.5 Å². The molecular weight excluding hydrogens is 362 g/mol. The molecular formula is C17H16ClN3OS2. The number of pyridine rings is 1. The number of rotatable bonds is 3. The molecule has 0 aliphatic carbocycles. The lowest BCUT2D eigenvalue weighted by atomic mass is 10.1. The first-order valence-corrected chi connectivity index (χ1v) is 8.20. The second-order valence-corrected chi connectivity index (χ2v) is 6.66. The van der Waals surface area contributed by atoms with Gasteiger partial charge in [-0.3, -0.25) is 4.79 Å². The van der Waals surface area contributed by atoms with Gasteiger partial charge in [0.15, 0.2) is 5.13 Å². The standard InChI is InChI=1S/C17H14ClN3OS.H2S/c1-4-15-10(3)20-17(23-15)19-9(2)13-8-11-7-12(18)5-6-14(11)21-16(13)22;/h1,5-9H,2-3H3,(H,19,20)(H,21,22);1H2/t9-;/m0./s1. The van der Waals surface area contributed by atoms with Crippen molar-refractivity contribution in [3.8, 4) is 12.3 Å². The Morgan fingerprint density at radius 1 is 1.42 bits per heavy atom. The Hall–Kier alpha value is -1.94. The second kappa shape index (κ2) is 7.31. The molecule has 0 amide bonds. The Morgan fingerprint density at radius 2 is 2.17 bits per heavy atom. The molecule has 124 valence electrons. The van der Waals surface area contributed by atoms with Crippen LogP contribution in [0.2, 0.25) is 5.02 Å². The predicted octanol–water partition coefficient (Wildman–Crippen LogP) is 4.21. The molecule has 1 aromatic carbocycles. The Kier molecular flexibility index (Phi) is 5.60. The SMILES string of the molecule is C#Cc1sc(N[C@@H](C)c2cc3cc(Cl)ccc3[nH]c2=O)nc1C.S. The maximum Gasteiger partial charge on any atom is 0.253 e. The van der Waals surface area contributed by atoms with Gasteiger partial charge in [-0.2, -0.15) is 13.5 Å². The van der Waals surface area contributed by atoms with E-state index in [1.807, 2.05) is 26.0 Å². The van der Waals surface area contributed by atoms with Crippen molar-refractivity contribution in [2.75, 3.05) is 5.32 Å². The van der Waals surface area contributed by atoms with Crippen molar-refractivity contribution in [2.45, 2.75) is 19.9 Å². The highest BCUT2D eigenvalue weighted by Crippen LogP contribution is 2.26. The molecule has 2 aromatic heterocycles. The monoisotopic (exact) mass is 377 g/mol. The number of aromatic nitrogens is 2. The molecule has 0 aliphatic heterocycles. The number of H-pyrrole nitrogens is 1. The molecule has 0 aliphatic rings. The maximum atomic E-state index is 12.3. The summed E-state index contributed by atoms with van der Waals surface area (Å²) in [5.74, 6) is 2.60. The number of fused-ring (bicyclic) bond motifs is 1. The average molecular weight is 378 g/mol. The molecule has 0 unspecified atom stereocenters. The fourth-order valence-electron chi connectivity index (χ4n) is 2.37. The van der Waals surface area contributed by atoms with Crippen LogP contribution in [0.4, 0.5) is 5.13 Å². The quantitative estimate of drug-likeness (QED) is 0.672. The van der Waals surface area contributed by atoms with E-state index in [9.17, 15) is 4.79 Å². The number of nitrogens with one attached hydrogen (secondary N) is 2. The van der Waals surface area contributed by atoms with Crippen molar-refractivity contribution in [1.82, 2.24) is 9.97 Å². The van der Waals surface area contributed by atoms with Gasteiger partial charge in [-0.1, -0.05) is 28.9 Å². The van der Waals surface area contributed by atoms with Crippen LogP contribution in [0.15, 0.2) is 29.1 Å². The van der Waals surface area contributed by atoms with Crippen molar-refractivity contribution in [1.29, 1.82) is 0 Å². The zero-order valence-electron chi connectivity index (χ0n) is 13.1. The summed E-state index contributed by atoms with van der Waals surface area (Å²) in [7, 11) is 0. The number of thiazole rings is 1. The first-order chi connectivity index (χ1) is 11.0. The average Bonchev–Trinajstić information content (AvgIpc) is 2.86. The van der Waals surface area contributed by atoms with Crippen LogP contribution in [-0.4, -0.2) is 9.97 Å². The van der Waals surface area contributed by atoms with Crippen molar-refractivity contribution in [2.24, 2.45) is 0 Å². The van der Waals surface area contributed by atoms with Gasteiger partial charge in [0.2, 0.25) is 0 Å². The summed E-state index contributed by atoms with van der Waals surface area (Å²) in [5, 5.41) is 5.45. The van der Waals surface area contributed by atoms with E-state index in [-0.39, 0.29) is 25.1 Å². The first kappa shape index (κ1) is 18.4. The van der Waals surface area contributed by atoms with E-state index < -0.39 is 0 Å². The minimum atomic E-state index is -0.210. The van der Waals surface area contributed by atoms with Crippen LogP contribution < -0.4 is 10.9 Å². The molecule has 0 saturated carbocycles. The topological polar surface area (TPSA) is 57.8 Å². The number of hydrogen-bond donors (Lipinski definition) is 2. The van der Waals surface area contributed by atoms with E-state index >= 15 is 0 Å². The smallest absolute Gasteiger partial charge is 0.253 e. The summed E-state index contributed by atoms with van der Waals surface area (Å²) in [6.07, 6.45) is 5.43. The number of benzene rings is 1. The van der Waals surface area contributed by atoms with Gasteiger partial charge in [0.05, 0.1) is 11.7 Å². The summed E-state index contributed by atoms with van der Waals surface area (Å²) in [6, 6.07) is 7.01. The Morgan fingerprint density at radius 3 is 2.83 bits per heavy atom. The molecule has 0 radical (unpaired) electrons. The number of hydrogen-bond acceptors (Lipinski definition) is 4. The molecule has 0 fully saturated rings. The van der Waals surface area contributed by atoms with Crippen LogP contribution in [0.5, 0.6) is 0 Å². The van der Waals surface area contributed by atoms with Crippen LogP contribution >= 0.6 is 36.4 Å². The summed E-state index contributed by atoms with van der Waals surface area (Å²) in [6.45, 7) is 3.78. The summed E-state index contributed by atoms with van der Waals surface area (Å²) in [4.78, 5) is 20.4. The number of aromatic amines is 1. The van der Waals surface area contributed by atoms with E-state index in [1.165, 1.54) is 11.3 Å². The molecule has 7 heteroatoms. The van der Waals surface area contributed by atoms with Crippen molar-refractivity contribution in [3.63, 3.8) is 0 Å². The molecule has 24 heavy (non-hydrogen) atoms. The predicted molar refractivity (Wildman–Crippen MR) is 107 cm³/mol. The fourth-order valence-corrected chi connectivity index (χ4v) is 3.42. The third-order valence-corrected chi connectivity index (χ3v) is 4.82. The summed E-state index contributed by atoms with van der Waals surface area (Å²) < 4.78 is 0. The summed E-state index contributed by atoms with van der Waals surface area (Å²) in [5.41, 5.74) is 2.06. The molecule has 1 atom stereocenters. The zero-order chi connectivity index (χ0) is 16.6. The molecule has 3 aromatic rings. The molecule has 0 saturated heterocycles. The molecule has 3 rings (SSSR count). The third kappa shape index (κ3) is 3.59.